The lowest BCUT2D eigenvalue weighted by atomic mass is 9.93. The molecule has 2 aromatic carbocycles. The predicted molar refractivity (Wildman–Crippen MR) is 166 cm³/mol. The first-order valence-electron chi connectivity index (χ1n) is 13.6. The van der Waals surface area contributed by atoms with Crippen molar-refractivity contribution < 1.29 is 28.2 Å². The Balaban J connectivity index is 1.70. The van der Waals surface area contributed by atoms with Gasteiger partial charge in [-0.3, -0.25) is 9.36 Å². The number of halogens is 1. The highest BCUT2D eigenvalue weighted by atomic mass is 79.9. The number of methoxy groups -OCH3 is 2. The lowest BCUT2D eigenvalue weighted by Gasteiger charge is -2.27. The molecule has 0 saturated carbocycles. The Kier molecular flexibility index (Phi) is 9.12. The number of fused-ring (bicyclic) bond motifs is 1. The zero-order valence-electron chi connectivity index (χ0n) is 24.0. The summed E-state index contributed by atoms with van der Waals surface area (Å²) in [5.74, 6) is 0.366. The summed E-state index contributed by atoms with van der Waals surface area (Å²) in [5.41, 5.74) is 2.08. The third kappa shape index (κ3) is 5.87. The maximum absolute atomic E-state index is 14.1. The summed E-state index contributed by atoms with van der Waals surface area (Å²) in [5, 5.41) is 0. The highest BCUT2D eigenvalue weighted by molar-refractivity contribution is 9.10. The van der Waals surface area contributed by atoms with Crippen LogP contribution < -0.4 is 19.6 Å². The molecule has 0 amide bonds. The van der Waals surface area contributed by atoms with Crippen molar-refractivity contribution >= 4 is 45.3 Å². The summed E-state index contributed by atoms with van der Waals surface area (Å²) in [4.78, 5) is 45.1. The van der Waals surface area contributed by atoms with Crippen LogP contribution in [-0.2, 0) is 14.3 Å². The van der Waals surface area contributed by atoms with E-state index in [0.717, 1.165) is 10.9 Å². The summed E-state index contributed by atoms with van der Waals surface area (Å²) in [6.45, 7) is 3.92. The first-order valence-corrected chi connectivity index (χ1v) is 15.2. The van der Waals surface area contributed by atoms with E-state index in [4.69, 9.17) is 23.6 Å². The number of hydrogen-bond donors (Lipinski definition) is 0. The van der Waals surface area contributed by atoms with Crippen molar-refractivity contribution in [2.45, 2.75) is 32.7 Å². The van der Waals surface area contributed by atoms with Gasteiger partial charge in [-0.05, 0) is 49.7 Å². The minimum atomic E-state index is -0.828. The fraction of sp³-hybridized carbons (Fsp3) is 0.250. The average molecular weight is 666 g/mol. The summed E-state index contributed by atoms with van der Waals surface area (Å²) in [7, 11) is 2.87. The molecular formula is C32H29BrN2O7S. The molecule has 9 nitrogen and oxygen atoms in total. The van der Waals surface area contributed by atoms with Gasteiger partial charge in [-0.1, -0.05) is 58.8 Å². The molecule has 0 radical (unpaired) electrons. The number of hydrogen-bond acceptors (Lipinski definition) is 9. The SMILES string of the molecule is CCCC1=C(C(=O)OCC)[C@H](c2cc(Br)ccc2OC)n2c(s/c(=C\c3ccc(-c4ccccc4C(=O)OC)o3)c2=O)=N1. The van der Waals surface area contributed by atoms with Gasteiger partial charge in [0.05, 0.1) is 42.2 Å². The number of thiazole rings is 1. The Labute approximate surface area is 259 Å². The molecule has 11 heteroatoms. The van der Waals surface area contributed by atoms with Crippen LogP contribution in [0.15, 0.2) is 84.5 Å². The summed E-state index contributed by atoms with van der Waals surface area (Å²) in [6.07, 6.45) is 2.89. The smallest absolute Gasteiger partial charge is 0.338 e. The molecule has 0 bridgehead atoms. The molecule has 1 aliphatic heterocycles. The van der Waals surface area contributed by atoms with E-state index in [1.165, 1.54) is 23.0 Å². The lowest BCUT2D eigenvalue weighted by molar-refractivity contribution is -0.139. The highest BCUT2D eigenvalue weighted by Crippen LogP contribution is 2.38. The van der Waals surface area contributed by atoms with Crippen LogP contribution in [0.1, 0.15) is 54.4 Å². The quantitative estimate of drug-likeness (QED) is 0.221. The second-order valence-corrected chi connectivity index (χ2v) is 11.5. The number of ether oxygens (including phenoxy) is 3. The van der Waals surface area contributed by atoms with E-state index >= 15 is 0 Å². The Hall–Kier alpha value is -4.22. The molecule has 2 aromatic heterocycles. The van der Waals surface area contributed by atoms with Gasteiger partial charge in [0.15, 0.2) is 4.80 Å². The van der Waals surface area contributed by atoms with Gasteiger partial charge in [0.25, 0.3) is 5.56 Å². The van der Waals surface area contributed by atoms with Crippen LogP contribution in [0.5, 0.6) is 5.75 Å². The normalized spacial score (nSPS) is 14.7. The molecule has 0 unspecified atom stereocenters. The number of rotatable bonds is 9. The van der Waals surface area contributed by atoms with Crippen LogP contribution in [0.25, 0.3) is 17.4 Å². The molecular weight excluding hydrogens is 636 g/mol. The van der Waals surface area contributed by atoms with Gasteiger partial charge < -0.3 is 18.6 Å². The molecule has 1 aliphatic rings. The van der Waals surface area contributed by atoms with Gasteiger partial charge >= 0.3 is 11.9 Å². The fourth-order valence-corrected chi connectivity index (χ4v) is 6.40. The Morgan fingerprint density at radius 2 is 1.88 bits per heavy atom. The molecule has 3 heterocycles. The third-order valence-corrected chi connectivity index (χ3v) is 8.35. The van der Waals surface area contributed by atoms with Crippen molar-refractivity contribution in [2.75, 3.05) is 20.8 Å². The zero-order chi connectivity index (χ0) is 30.7. The van der Waals surface area contributed by atoms with Crippen molar-refractivity contribution in [3.63, 3.8) is 0 Å². The minimum Gasteiger partial charge on any atom is -0.496 e. The molecule has 43 heavy (non-hydrogen) atoms. The van der Waals surface area contributed by atoms with Crippen molar-refractivity contribution in [2.24, 2.45) is 4.99 Å². The number of carbonyl (C=O) groups excluding carboxylic acids is 2. The van der Waals surface area contributed by atoms with Gasteiger partial charge in [0, 0.05) is 21.7 Å². The second kappa shape index (κ2) is 13.0. The molecule has 4 aromatic rings. The van der Waals surface area contributed by atoms with Crippen molar-refractivity contribution in [3.8, 4) is 17.1 Å². The van der Waals surface area contributed by atoms with Crippen molar-refractivity contribution in [1.82, 2.24) is 4.57 Å². The number of allylic oxidation sites excluding steroid dienone is 1. The highest BCUT2D eigenvalue weighted by Gasteiger charge is 2.36. The standard InChI is InChI=1S/C32H29BrN2O7S/c1-5-9-23-27(31(38)41-6-2)28(22-16-18(33)12-14-24(22)39-3)35-29(36)26(43-32(35)34-23)17-19-13-15-25(42-19)20-10-7-8-11-21(20)30(37)40-4/h7-8,10-17,28H,5-6,9H2,1-4H3/b26-17-/t28-/m0/s1. The van der Waals surface area contributed by atoms with E-state index in [0.29, 0.717) is 61.0 Å². The molecule has 0 spiro atoms. The third-order valence-electron chi connectivity index (χ3n) is 6.88. The van der Waals surface area contributed by atoms with Crippen LogP contribution >= 0.6 is 27.3 Å². The van der Waals surface area contributed by atoms with Crippen LogP contribution in [-0.4, -0.2) is 37.3 Å². The lowest BCUT2D eigenvalue weighted by Crippen LogP contribution is -2.40. The van der Waals surface area contributed by atoms with Gasteiger partial charge in [-0.2, -0.15) is 0 Å². The summed E-state index contributed by atoms with van der Waals surface area (Å²) in [6, 6.07) is 15.1. The van der Waals surface area contributed by atoms with Crippen molar-refractivity contribution in [1.29, 1.82) is 0 Å². The monoisotopic (exact) mass is 664 g/mol. The molecule has 1 atom stereocenters. The van der Waals surface area contributed by atoms with Crippen LogP contribution in [0.3, 0.4) is 0 Å². The summed E-state index contributed by atoms with van der Waals surface area (Å²) >= 11 is 4.73. The second-order valence-electron chi connectivity index (χ2n) is 9.54. The molecule has 222 valence electrons. The van der Waals surface area contributed by atoms with E-state index < -0.39 is 18.0 Å². The van der Waals surface area contributed by atoms with Crippen LogP contribution in [0, 0.1) is 0 Å². The molecule has 0 saturated heterocycles. The largest absolute Gasteiger partial charge is 0.496 e. The Morgan fingerprint density at radius 3 is 2.60 bits per heavy atom. The first kappa shape index (κ1) is 30.2. The van der Waals surface area contributed by atoms with E-state index in [-0.39, 0.29) is 12.2 Å². The average Bonchev–Trinajstić information content (AvgIpc) is 3.60. The van der Waals surface area contributed by atoms with Gasteiger partial charge in [-0.25, -0.2) is 14.6 Å². The number of aromatic nitrogens is 1. The zero-order valence-corrected chi connectivity index (χ0v) is 26.4. The number of furan rings is 1. The molecule has 5 rings (SSSR count). The van der Waals surface area contributed by atoms with Crippen molar-refractivity contribution in [3.05, 3.63) is 107 Å². The predicted octanol–water partition coefficient (Wildman–Crippen LogP) is 5.40. The maximum atomic E-state index is 14.1. The number of nitrogens with zero attached hydrogens (tertiary/aromatic N) is 2. The number of carbonyl (C=O) groups is 2. The fourth-order valence-electron chi connectivity index (χ4n) is 5.02. The first-order chi connectivity index (χ1) is 20.8. The van der Waals surface area contributed by atoms with Gasteiger partial charge in [0.1, 0.15) is 23.3 Å². The number of esters is 2. The van der Waals surface area contributed by atoms with E-state index in [9.17, 15) is 14.4 Å². The Morgan fingerprint density at radius 1 is 1.09 bits per heavy atom. The molecule has 0 fully saturated rings. The summed E-state index contributed by atoms with van der Waals surface area (Å²) < 4.78 is 24.8. The van der Waals surface area contributed by atoms with Crippen LogP contribution in [0.2, 0.25) is 0 Å². The molecule has 0 N–H and O–H groups in total. The maximum Gasteiger partial charge on any atom is 0.338 e. The van der Waals surface area contributed by atoms with E-state index in [1.54, 1.807) is 62.6 Å². The topological polar surface area (TPSA) is 109 Å². The molecule has 0 aliphatic carbocycles. The van der Waals surface area contributed by atoms with Gasteiger partial charge in [-0.15, -0.1) is 0 Å². The van der Waals surface area contributed by atoms with Crippen LogP contribution in [0.4, 0.5) is 0 Å². The van der Waals surface area contributed by atoms with E-state index in [2.05, 4.69) is 15.9 Å². The Bertz CT molecular complexity index is 1920. The minimum absolute atomic E-state index is 0.175. The van der Waals surface area contributed by atoms with E-state index in [1.807, 2.05) is 19.1 Å². The number of benzene rings is 2. The van der Waals surface area contributed by atoms with Gasteiger partial charge in [0.2, 0.25) is 0 Å².